The predicted octanol–water partition coefficient (Wildman–Crippen LogP) is 2.92. The molecule has 0 radical (unpaired) electrons. The molecular weight excluding hydrogens is 266 g/mol. The maximum atomic E-state index is 12.5. The first kappa shape index (κ1) is 14.9. The minimum atomic E-state index is -0.723. The number of aliphatic carboxylic acids is 1. The van der Waals surface area contributed by atoms with Crippen molar-refractivity contribution in [1.82, 2.24) is 4.90 Å². The molecule has 0 spiro atoms. The Morgan fingerprint density at radius 2 is 2.10 bits per heavy atom. The fourth-order valence-electron chi connectivity index (χ4n) is 5.03. The first-order valence-corrected chi connectivity index (χ1v) is 8.55. The van der Waals surface area contributed by atoms with Gasteiger partial charge in [-0.2, -0.15) is 0 Å². The molecule has 1 N–H and O–H groups in total. The number of likely N-dealkylation sites (tertiary alicyclic amines) is 1. The molecule has 1 amide bonds. The highest BCUT2D eigenvalue weighted by molar-refractivity contribution is 5.80. The summed E-state index contributed by atoms with van der Waals surface area (Å²) < 4.78 is 0. The Labute approximate surface area is 126 Å². The molecule has 0 aromatic rings. The molecule has 2 aliphatic carbocycles. The van der Waals surface area contributed by atoms with Crippen LogP contribution in [0, 0.1) is 23.2 Å². The van der Waals surface area contributed by atoms with E-state index in [1.807, 2.05) is 11.8 Å². The minimum absolute atomic E-state index is 0.201. The fraction of sp³-hybridized carbons (Fsp3) is 0.882. The lowest BCUT2D eigenvalue weighted by Crippen LogP contribution is -2.37. The Bertz CT molecular complexity index is 436. The van der Waals surface area contributed by atoms with E-state index in [0.29, 0.717) is 38.3 Å². The molecule has 1 aliphatic heterocycles. The first-order chi connectivity index (χ1) is 10.0. The lowest BCUT2D eigenvalue weighted by atomic mass is 9.82. The van der Waals surface area contributed by atoms with Gasteiger partial charge in [-0.15, -0.1) is 0 Å². The molecule has 3 aliphatic rings. The van der Waals surface area contributed by atoms with Crippen LogP contribution in [0.3, 0.4) is 0 Å². The van der Waals surface area contributed by atoms with Crippen LogP contribution in [0.5, 0.6) is 0 Å². The van der Waals surface area contributed by atoms with E-state index in [4.69, 9.17) is 0 Å². The van der Waals surface area contributed by atoms with Crippen molar-refractivity contribution in [3.63, 3.8) is 0 Å². The van der Waals surface area contributed by atoms with Gasteiger partial charge in [0.05, 0.1) is 5.41 Å². The molecule has 0 aromatic heterocycles. The zero-order chi connectivity index (χ0) is 15.0. The third-order valence-corrected chi connectivity index (χ3v) is 6.21. The third-order valence-electron chi connectivity index (χ3n) is 6.21. The maximum Gasteiger partial charge on any atom is 0.311 e. The summed E-state index contributed by atoms with van der Waals surface area (Å²) in [6.45, 7) is 3.08. The van der Waals surface area contributed by atoms with Crippen LogP contribution in [-0.2, 0) is 9.59 Å². The highest BCUT2D eigenvalue weighted by Crippen LogP contribution is 2.50. The molecule has 3 rings (SSSR count). The smallest absolute Gasteiger partial charge is 0.311 e. The van der Waals surface area contributed by atoms with Gasteiger partial charge in [-0.1, -0.05) is 19.8 Å². The number of carbonyl (C=O) groups is 2. The molecule has 2 saturated carbocycles. The number of amides is 1. The molecule has 4 nitrogen and oxygen atoms in total. The largest absolute Gasteiger partial charge is 0.481 e. The van der Waals surface area contributed by atoms with Gasteiger partial charge in [0.1, 0.15) is 0 Å². The molecule has 4 unspecified atom stereocenters. The molecule has 2 bridgehead atoms. The van der Waals surface area contributed by atoms with Crippen LogP contribution < -0.4 is 0 Å². The normalized spacial score (nSPS) is 38.1. The first-order valence-electron chi connectivity index (χ1n) is 8.55. The van der Waals surface area contributed by atoms with Crippen LogP contribution >= 0.6 is 0 Å². The number of carboxylic acid groups (broad SMARTS) is 1. The van der Waals surface area contributed by atoms with Crippen LogP contribution in [0.1, 0.15) is 58.3 Å². The van der Waals surface area contributed by atoms with Gasteiger partial charge in [0, 0.05) is 19.5 Å². The Balaban J connectivity index is 1.58. The van der Waals surface area contributed by atoms with Crippen molar-refractivity contribution in [3.05, 3.63) is 0 Å². The van der Waals surface area contributed by atoms with E-state index in [2.05, 4.69) is 0 Å². The van der Waals surface area contributed by atoms with Crippen LogP contribution in [0.2, 0.25) is 0 Å². The summed E-state index contributed by atoms with van der Waals surface area (Å²) in [6.07, 6.45) is 8.04. The van der Waals surface area contributed by atoms with Gasteiger partial charge >= 0.3 is 5.97 Å². The van der Waals surface area contributed by atoms with Crippen LogP contribution in [0.4, 0.5) is 0 Å². The minimum Gasteiger partial charge on any atom is -0.481 e. The Morgan fingerprint density at radius 1 is 1.29 bits per heavy atom. The van der Waals surface area contributed by atoms with Gasteiger partial charge in [0.25, 0.3) is 0 Å². The quantitative estimate of drug-likeness (QED) is 0.848. The maximum absolute atomic E-state index is 12.5. The summed E-state index contributed by atoms with van der Waals surface area (Å²) in [5.74, 6) is 1.68. The molecule has 0 aromatic carbocycles. The van der Waals surface area contributed by atoms with E-state index in [1.54, 1.807) is 0 Å². The number of fused-ring (bicyclic) bond motifs is 2. The van der Waals surface area contributed by atoms with Crippen LogP contribution in [0.15, 0.2) is 0 Å². The number of carboxylic acids is 1. The predicted molar refractivity (Wildman–Crippen MR) is 79.7 cm³/mol. The van der Waals surface area contributed by atoms with E-state index < -0.39 is 11.4 Å². The van der Waals surface area contributed by atoms with Crippen molar-refractivity contribution in [1.29, 1.82) is 0 Å². The van der Waals surface area contributed by atoms with Gasteiger partial charge in [-0.3, -0.25) is 9.59 Å². The summed E-state index contributed by atoms with van der Waals surface area (Å²) in [5.41, 5.74) is -0.681. The highest BCUT2D eigenvalue weighted by atomic mass is 16.4. The zero-order valence-corrected chi connectivity index (χ0v) is 13.0. The standard InChI is InChI=1S/C17H27NO3/c1-2-5-17(16(20)21)6-7-18(11-17)15(19)10-14-9-12-3-4-13(14)8-12/h12-14H,2-11H2,1H3,(H,20,21). The summed E-state index contributed by atoms with van der Waals surface area (Å²) >= 11 is 0. The lowest BCUT2D eigenvalue weighted by molar-refractivity contribution is -0.149. The van der Waals surface area contributed by atoms with Gasteiger partial charge in [0.15, 0.2) is 0 Å². The number of nitrogens with zero attached hydrogens (tertiary/aromatic N) is 1. The van der Waals surface area contributed by atoms with Crippen molar-refractivity contribution < 1.29 is 14.7 Å². The van der Waals surface area contributed by atoms with E-state index >= 15 is 0 Å². The lowest BCUT2D eigenvalue weighted by Gasteiger charge is -2.26. The Hall–Kier alpha value is -1.06. The molecule has 4 heteroatoms. The molecule has 1 saturated heterocycles. The van der Waals surface area contributed by atoms with E-state index in [1.165, 1.54) is 25.7 Å². The molecule has 21 heavy (non-hydrogen) atoms. The number of rotatable bonds is 5. The SMILES string of the molecule is CCCC1(C(=O)O)CCN(C(=O)CC2CC3CCC2C3)C1. The average molecular weight is 293 g/mol. The summed E-state index contributed by atoms with van der Waals surface area (Å²) in [4.78, 5) is 25.9. The second kappa shape index (κ2) is 5.62. The van der Waals surface area contributed by atoms with Gasteiger partial charge in [-0.05, 0) is 49.9 Å². The van der Waals surface area contributed by atoms with Crippen LogP contribution in [0.25, 0.3) is 0 Å². The third kappa shape index (κ3) is 2.69. The monoisotopic (exact) mass is 293 g/mol. The number of hydrogen-bond donors (Lipinski definition) is 1. The van der Waals surface area contributed by atoms with Crippen molar-refractivity contribution >= 4 is 11.9 Å². The molecule has 1 heterocycles. The molecule has 118 valence electrons. The fourth-order valence-corrected chi connectivity index (χ4v) is 5.03. The van der Waals surface area contributed by atoms with Crippen molar-refractivity contribution in [2.75, 3.05) is 13.1 Å². The number of hydrogen-bond acceptors (Lipinski definition) is 2. The number of carbonyl (C=O) groups excluding carboxylic acids is 1. The summed E-state index contributed by atoms with van der Waals surface area (Å²) in [6, 6.07) is 0. The van der Waals surface area contributed by atoms with Crippen molar-refractivity contribution in [2.24, 2.45) is 23.2 Å². The Morgan fingerprint density at radius 3 is 2.67 bits per heavy atom. The Kier molecular flexibility index (Phi) is 3.98. The van der Waals surface area contributed by atoms with E-state index in [-0.39, 0.29) is 5.91 Å². The van der Waals surface area contributed by atoms with E-state index in [0.717, 1.165) is 18.3 Å². The van der Waals surface area contributed by atoms with Gasteiger partial charge in [-0.25, -0.2) is 0 Å². The van der Waals surface area contributed by atoms with Gasteiger partial charge < -0.3 is 10.0 Å². The summed E-state index contributed by atoms with van der Waals surface area (Å²) in [5, 5.41) is 9.53. The zero-order valence-electron chi connectivity index (χ0n) is 13.0. The second-order valence-electron chi connectivity index (χ2n) is 7.54. The van der Waals surface area contributed by atoms with Crippen LogP contribution in [-0.4, -0.2) is 35.0 Å². The van der Waals surface area contributed by atoms with Crippen molar-refractivity contribution in [3.8, 4) is 0 Å². The highest BCUT2D eigenvalue weighted by Gasteiger charge is 2.46. The average Bonchev–Trinajstić information content (AvgIpc) is 3.13. The molecular formula is C17H27NO3. The van der Waals surface area contributed by atoms with Crippen molar-refractivity contribution in [2.45, 2.75) is 58.3 Å². The van der Waals surface area contributed by atoms with E-state index in [9.17, 15) is 14.7 Å². The van der Waals surface area contributed by atoms with Gasteiger partial charge in [0.2, 0.25) is 5.91 Å². The molecule has 4 atom stereocenters. The second-order valence-corrected chi connectivity index (χ2v) is 7.54. The molecule has 3 fully saturated rings. The summed E-state index contributed by atoms with van der Waals surface area (Å²) in [7, 11) is 0. The topological polar surface area (TPSA) is 57.6 Å².